The summed E-state index contributed by atoms with van der Waals surface area (Å²) in [7, 11) is 3.00. The molecule has 0 aliphatic carbocycles. The monoisotopic (exact) mass is 462 g/mol. The van der Waals surface area contributed by atoms with Crippen molar-refractivity contribution in [3.05, 3.63) is 45.1 Å². The van der Waals surface area contributed by atoms with Gasteiger partial charge in [0.25, 0.3) is 0 Å². The van der Waals surface area contributed by atoms with E-state index < -0.39 is 12.6 Å². The summed E-state index contributed by atoms with van der Waals surface area (Å²) in [5.41, 5.74) is 5.20. The average molecular weight is 463 g/mol. The number of hydrazone groups is 1. The maximum absolute atomic E-state index is 10.7. The number of nitrogens with one attached hydrogen (secondary N) is 1. The minimum Gasteiger partial charge on any atom is -0.493 e. The molecule has 0 fully saturated rings. The van der Waals surface area contributed by atoms with Crippen molar-refractivity contribution in [2.24, 2.45) is 5.10 Å². The van der Waals surface area contributed by atoms with Gasteiger partial charge in [-0.2, -0.15) is 10.4 Å². The Morgan fingerprint density at radius 3 is 2.76 bits per heavy atom. The van der Waals surface area contributed by atoms with E-state index in [2.05, 4.69) is 37.5 Å². The topological polar surface area (TPSA) is 126 Å². The second kappa shape index (κ2) is 10.4. The molecular formula is C19H19BrN4O5. The van der Waals surface area contributed by atoms with Gasteiger partial charge in [-0.05, 0) is 41.1 Å². The minimum atomic E-state index is -1.09. The van der Waals surface area contributed by atoms with Gasteiger partial charge in [-0.1, -0.05) is 0 Å². The first-order chi connectivity index (χ1) is 13.9. The van der Waals surface area contributed by atoms with Crippen molar-refractivity contribution in [3.8, 4) is 17.6 Å². The molecule has 29 heavy (non-hydrogen) atoms. The van der Waals surface area contributed by atoms with E-state index in [4.69, 9.17) is 19.3 Å². The molecule has 0 aliphatic rings. The number of aryl methyl sites for hydroxylation is 1. The highest BCUT2D eigenvalue weighted by Crippen LogP contribution is 2.33. The number of hydrogen-bond donors (Lipinski definition) is 2. The average Bonchev–Trinajstić information content (AvgIpc) is 2.67. The highest BCUT2D eigenvalue weighted by atomic mass is 79.9. The fourth-order valence-corrected chi connectivity index (χ4v) is 2.87. The number of benzene rings is 1. The normalized spacial score (nSPS) is 10.6. The summed E-state index contributed by atoms with van der Waals surface area (Å²) in [6, 6.07) is 7.12. The van der Waals surface area contributed by atoms with Gasteiger partial charge < -0.3 is 19.3 Å². The first-order valence-electron chi connectivity index (χ1n) is 8.30. The van der Waals surface area contributed by atoms with Crippen LogP contribution in [0.4, 0.5) is 5.82 Å². The van der Waals surface area contributed by atoms with Gasteiger partial charge >= 0.3 is 5.97 Å². The maximum atomic E-state index is 10.7. The number of rotatable bonds is 9. The summed E-state index contributed by atoms with van der Waals surface area (Å²) in [5, 5.41) is 22.4. The fraction of sp³-hybridized carbons (Fsp3) is 0.263. The van der Waals surface area contributed by atoms with E-state index in [1.54, 1.807) is 25.3 Å². The third-order valence-electron chi connectivity index (χ3n) is 3.65. The van der Waals surface area contributed by atoms with Crippen LogP contribution in [-0.4, -0.2) is 43.1 Å². The number of aromatic nitrogens is 1. The number of pyridine rings is 1. The molecule has 2 rings (SSSR count). The molecule has 0 saturated heterocycles. The van der Waals surface area contributed by atoms with Crippen LogP contribution >= 0.6 is 15.9 Å². The Hall–Kier alpha value is -3.16. The van der Waals surface area contributed by atoms with Crippen LogP contribution in [0.25, 0.3) is 0 Å². The van der Waals surface area contributed by atoms with E-state index in [1.165, 1.54) is 13.3 Å². The summed E-state index contributed by atoms with van der Waals surface area (Å²) in [4.78, 5) is 15.0. The fourth-order valence-electron chi connectivity index (χ4n) is 2.44. The number of hydrogen-bond acceptors (Lipinski definition) is 8. The number of carboxylic acid groups (broad SMARTS) is 1. The van der Waals surface area contributed by atoms with Crippen LogP contribution in [0.1, 0.15) is 22.4 Å². The number of nitrogens with zero attached hydrogens (tertiary/aromatic N) is 3. The summed E-state index contributed by atoms with van der Waals surface area (Å²) in [6.45, 7) is 1.61. The smallest absolute Gasteiger partial charge is 0.341 e. The van der Waals surface area contributed by atoms with Crippen LogP contribution in [0.2, 0.25) is 0 Å². The quantitative estimate of drug-likeness (QED) is 0.429. The Labute approximate surface area is 176 Å². The number of ether oxygens (including phenoxy) is 3. The van der Waals surface area contributed by atoms with Gasteiger partial charge in [0.2, 0.25) is 0 Å². The Bertz CT molecular complexity index is 972. The Balaban J connectivity index is 2.27. The first-order valence-corrected chi connectivity index (χ1v) is 9.09. The number of halogens is 1. The van der Waals surface area contributed by atoms with Crippen molar-refractivity contribution in [1.82, 2.24) is 4.98 Å². The Morgan fingerprint density at radius 1 is 1.38 bits per heavy atom. The van der Waals surface area contributed by atoms with E-state index >= 15 is 0 Å². The van der Waals surface area contributed by atoms with E-state index in [-0.39, 0.29) is 12.4 Å². The molecule has 10 heteroatoms. The van der Waals surface area contributed by atoms with Gasteiger partial charge in [-0.3, -0.25) is 5.43 Å². The predicted molar refractivity (Wildman–Crippen MR) is 109 cm³/mol. The molecule has 2 N–H and O–H groups in total. The van der Waals surface area contributed by atoms with Crippen LogP contribution < -0.4 is 14.9 Å². The van der Waals surface area contributed by atoms with Crippen LogP contribution in [0.5, 0.6) is 11.5 Å². The molecule has 0 saturated carbocycles. The standard InChI is InChI=1S/C19H19BrN4O5/c1-11-4-13(9-27-2)14(7-21)19(23-11)24-22-8-12-5-16(28-3)17(6-15(12)20)29-10-18(25)26/h4-6,8H,9-10H2,1-3H3,(H,23,24)(H,25,26). The third-order valence-corrected chi connectivity index (χ3v) is 4.34. The van der Waals surface area contributed by atoms with E-state index in [0.717, 1.165) is 5.69 Å². The lowest BCUT2D eigenvalue weighted by Gasteiger charge is -2.11. The number of methoxy groups -OCH3 is 2. The molecule has 0 amide bonds. The molecule has 0 atom stereocenters. The largest absolute Gasteiger partial charge is 0.493 e. The number of aliphatic carboxylic acids is 1. The second-order valence-corrected chi connectivity index (χ2v) is 6.62. The molecule has 0 radical (unpaired) electrons. The van der Waals surface area contributed by atoms with Gasteiger partial charge in [0.15, 0.2) is 23.9 Å². The van der Waals surface area contributed by atoms with E-state index in [9.17, 15) is 10.1 Å². The van der Waals surface area contributed by atoms with Crippen molar-refractivity contribution in [2.45, 2.75) is 13.5 Å². The second-order valence-electron chi connectivity index (χ2n) is 5.77. The van der Waals surface area contributed by atoms with Crippen LogP contribution in [-0.2, 0) is 16.1 Å². The molecule has 1 aromatic carbocycles. The van der Waals surface area contributed by atoms with Crippen LogP contribution in [0, 0.1) is 18.3 Å². The lowest BCUT2D eigenvalue weighted by atomic mass is 10.1. The van der Waals surface area contributed by atoms with Gasteiger partial charge in [0.05, 0.1) is 19.9 Å². The summed E-state index contributed by atoms with van der Waals surface area (Å²) in [5.74, 6) is -0.141. The number of nitriles is 1. The summed E-state index contributed by atoms with van der Waals surface area (Å²) < 4.78 is 16.2. The highest BCUT2D eigenvalue weighted by molar-refractivity contribution is 9.10. The SMILES string of the molecule is COCc1cc(C)nc(NN=Cc2cc(OC)c(OCC(=O)O)cc2Br)c1C#N. The molecule has 0 aliphatic heterocycles. The molecule has 1 aromatic heterocycles. The molecule has 152 valence electrons. The van der Waals surface area contributed by atoms with Crippen molar-refractivity contribution >= 4 is 33.9 Å². The van der Waals surface area contributed by atoms with Crippen LogP contribution in [0.3, 0.4) is 0 Å². The minimum absolute atomic E-state index is 0.281. The van der Waals surface area contributed by atoms with Crippen molar-refractivity contribution in [3.63, 3.8) is 0 Å². The van der Waals surface area contributed by atoms with Gasteiger partial charge in [0, 0.05) is 28.4 Å². The Kier molecular flexibility index (Phi) is 7.94. The zero-order valence-electron chi connectivity index (χ0n) is 16.0. The molecule has 0 unspecified atom stereocenters. The summed E-state index contributed by atoms with van der Waals surface area (Å²) in [6.07, 6.45) is 1.51. The zero-order chi connectivity index (χ0) is 21.4. The number of carbonyl (C=O) groups is 1. The molecule has 0 spiro atoms. The van der Waals surface area contributed by atoms with Gasteiger partial charge in [-0.25, -0.2) is 9.78 Å². The highest BCUT2D eigenvalue weighted by Gasteiger charge is 2.12. The lowest BCUT2D eigenvalue weighted by Crippen LogP contribution is -2.10. The molecule has 0 bridgehead atoms. The summed E-state index contributed by atoms with van der Waals surface area (Å²) >= 11 is 3.39. The van der Waals surface area contributed by atoms with Crippen molar-refractivity contribution in [1.29, 1.82) is 5.26 Å². The molecular weight excluding hydrogens is 444 g/mol. The van der Waals surface area contributed by atoms with E-state index in [1.807, 2.05) is 6.92 Å². The van der Waals surface area contributed by atoms with Gasteiger partial charge in [-0.15, -0.1) is 0 Å². The molecule has 2 aromatic rings. The first kappa shape index (κ1) is 22.1. The van der Waals surface area contributed by atoms with E-state index in [0.29, 0.717) is 32.7 Å². The van der Waals surface area contributed by atoms with Gasteiger partial charge in [0.1, 0.15) is 11.6 Å². The van der Waals surface area contributed by atoms with Crippen molar-refractivity contribution in [2.75, 3.05) is 26.3 Å². The van der Waals surface area contributed by atoms with Crippen LogP contribution in [0.15, 0.2) is 27.8 Å². The number of carboxylic acids is 1. The third kappa shape index (κ3) is 5.91. The number of anilines is 1. The lowest BCUT2D eigenvalue weighted by molar-refractivity contribution is -0.139. The molecule has 1 heterocycles. The predicted octanol–water partition coefficient (Wildman–Crippen LogP) is 3.09. The molecule has 9 nitrogen and oxygen atoms in total. The maximum Gasteiger partial charge on any atom is 0.341 e. The zero-order valence-corrected chi connectivity index (χ0v) is 17.6. The Morgan fingerprint density at radius 2 is 2.14 bits per heavy atom. The van der Waals surface area contributed by atoms with Crippen molar-refractivity contribution < 1.29 is 24.1 Å².